The Morgan fingerprint density at radius 3 is 2.78 bits per heavy atom. The Labute approximate surface area is 196 Å². The van der Waals surface area contributed by atoms with Crippen LogP contribution in [0.4, 0.5) is 0 Å². The van der Waals surface area contributed by atoms with Gasteiger partial charge in [-0.2, -0.15) is 0 Å². The van der Waals surface area contributed by atoms with E-state index in [2.05, 4.69) is 13.8 Å². The Morgan fingerprint density at radius 2 is 2.03 bits per heavy atom. The summed E-state index contributed by atoms with van der Waals surface area (Å²) >= 11 is 2.98. The van der Waals surface area contributed by atoms with Gasteiger partial charge in [0.15, 0.2) is 5.16 Å². The number of hydrogen-bond donors (Lipinski definition) is 1. The first-order valence-electron chi connectivity index (χ1n) is 11.6. The molecule has 0 bridgehead atoms. The van der Waals surface area contributed by atoms with Crippen molar-refractivity contribution in [3.63, 3.8) is 0 Å². The number of aryl methyl sites for hydroxylation is 2. The number of fused-ring (bicyclic) bond motifs is 3. The molecular weight excluding hydrogens is 444 g/mol. The van der Waals surface area contributed by atoms with Gasteiger partial charge < -0.3 is 10.6 Å². The van der Waals surface area contributed by atoms with Gasteiger partial charge in [0, 0.05) is 24.5 Å². The van der Waals surface area contributed by atoms with E-state index in [1.165, 1.54) is 28.6 Å². The maximum Gasteiger partial charge on any atom is 0.263 e. The van der Waals surface area contributed by atoms with E-state index in [9.17, 15) is 14.4 Å². The van der Waals surface area contributed by atoms with Crippen molar-refractivity contribution in [1.29, 1.82) is 0 Å². The minimum Gasteiger partial charge on any atom is -0.369 e. The second kappa shape index (κ2) is 9.95. The van der Waals surface area contributed by atoms with E-state index in [1.54, 1.807) is 20.8 Å². The largest absolute Gasteiger partial charge is 0.369 e. The first-order chi connectivity index (χ1) is 15.3. The summed E-state index contributed by atoms with van der Waals surface area (Å²) in [5.41, 5.74) is 6.69. The molecule has 3 heterocycles. The van der Waals surface area contributed by atoms with Crippen molar-refractivity contribution >= 4 is 45.1 Å². The summed E-state index contributed by atoms with van der Waals surface area (Å²) in [6.07, 6.45) is 6.68. The van der Waals surface area contributed by atoms with Crippen LogP contribution in [0.15, 0.2) is 9.95 Å². The number of thioether (sulfide) groups is 1. The average molecular weight is 477 g/mol. The Hall–Kier alpha value is -1.87. The number of nitrogens with two attached hydrogens (primary N) is 1. The summed E-state index contributed by atoms with van der Waals surface area (Å²) in [5.74, 6) is 0.0277. The number of thiophene rings is 1. The van der Waals surface area contributed by atoms with Crippen LogP contribution < -0.4 is 11.3 Å². The number of amides is 2. The van der Waals surface area contributed by atoms with E-state index in [0.29, 0.717) is 30.7 Å². The van der Waals surface area contributed by atoms with Gasteiger partial charge in [-0.05, 0) is 56.4 Å². The normalized spacial score (nSPS) is 18.8. The molecule has 1 atom stereocenters. The number of likely N-dealkylation sites (tertiary alicyclic amines) is 1. The molecule has 2 aliphatic rings. The van der Waals surface area contributed by atoms with Gasteiger partial charge in [-0.15, -0.1) is 11.3 Å². The predicted octanol–water partition coefficient (Wildman–Crippen LogP) is 3.20. The number of carbonyl (C=O) groups excluding carboxylic acids is 2. The maximum atomic E-state index is 13.5. The van der Waals surface area contributed by atoms with Crippen LogP contribution in [0.5, 0.6) is 0 Å². The Morgan fingerprint density at radius 1 is 1.25 bits per heavy atom. The summed E-state index contributed by atoms with van der Waals surface area (Å²) in [4.78, 5) is 46.7. The molecule has 1 aliphatic carbocycles. The van der Waals surface area contributed by atoms with Gasteiger partial charge in [0.1, 0.15) is 4.83 Å². The monoisotopic (exact) mass is 476 g/mol. The van der Waals surface area contributed by atoms with E-state index in [4.69, 9.17) is 10.7 Å². The molecule has 4 rings (SSSR count). The quantitative estimate of drug-likeness (QED) is 0.489. The van der Waals surface area contributed by atoms with Crippen molar-refractivity contribution in [2.75, 3.05) is 18.8 Å². The minimum absolute atomic E-state index is 0.0313. The van der Waals surface area contributed by atoms with Gasteiger partial charge in [0.2, 0.25) is 11.8 Å². The summed E-state index contributed by atoms with van der Waals surface area (Å²) in [6.45, 7) is 5.93. The number of aromatic nitrogens is 2. The fourth-order valence-corrected chi connectivity index (χ4v) is 6.80. The Kier molecular flexibility index (Phi) is 7.24. The predicted molar refractivity (Wildman–Crippen MR) is 129 cm³/mol. The molecule has 1 saturated heterocycles. The number of rotatable bonds is 7. The second-order valence-electron chi connectivity index (χ2n) is 9.29. The molecule has 0 radical (unpaired) electrons. The molecule has 2 aromatic rings. The lowest BCUT2D eigenvalue weighted by atomic mass is 9.97. The molecule has 2 N–H and O–H groups in total. The molecule has 0 aromatic carbocycles. The fraction of sp³-hybridized carbons (Fsp3) is 0.652. The van der Waals surface area contributed by atoms with Crippen LogP contribution in [0.25, 0.3) is 10.2 Å². The highest BCUT2D eigenvalue weighted by molar-refractivity contribution is 7.99. The van der Waals surface area contributed by atoms with E-state index < -0.39 is 0 Å². The molecule has 7 nitrogen and oxygen atoms in total. The summed E-state index contributed by atoms with van der Waals surface area (Å²) in [7, 11) is 0. The zero-order valence-electron chi connectivity index (χ0n) is 18.9. The van der Waals surface area contributed by atoms with E-state index in [0.717, 1.165) is 48.7 Å². The molecule has 1 unspecified atom stereocenters. The van der Waals surface area contributed by atoms with E-state index in [1.807, 2.05) is 0 Å². The highest BCUT2D eigenvalue weighted by Gasteiger charge is 2.28. The highest BCUT2D eigenvalue weighted by Crippen LogP contribution is 2.35. The number of nitrogens with zero attached hydrogens (tertiary/aromatic N) is 3. The molecule has 2 aromatic heterocycles. The third kappa shape index (κ3) is 4.88. The van der Waals surface area contributed by atoms with Crippen molar-refractivity contribution in [2.45, 2.75) is 70.5 Å². The molecule has 0 spiro atoms. The van der Waals surface area contributed by atoms with Crippen LogP contribution in [0.1, 0.15) is 56.4 Å². The van der Waals surface area contributed by atoms with Crippen LogP contribution >= 0.6 is 23.1 Å². The molecule has 1 aliphatic heterocycles. The number of piperidine rings is 1. The third-order valence-electron chi connectivity index (χ3n) is 6.47. The second-order valence-corrected chi connectivity index (χ2v) is 11.3. The number of primary amides is 1. The van der Waals surface area contributed by atoms with Crippen LogP contribution in [-0.2, 0) is 29.0 Å². The number of carbonyl (C=O) groups is 2. The van der Waals surface area contributed by atoms with Gasteiger partial charge >= 0.3 is 0 Å². The maximum absolute atomic E-state index is 13.5. The molecular formula is C23H32N4O3S2. The first-order valence-corrected chi connectivity index (χ1v) is 13.4. The minimum atomic E-state index is -0.341. The first kappa shape index (κ1) is 23.3. The summed E-state index contributed by atoms with van der Waals surface area (Å²) in [6, 6.07) is 0. The van der Waals surface area contributed by atoms with Crippen molar-refractivity contribution in [3.05, 3.63) is 20.8 Å². The summed E-state index contributed by atoms with van der Waals surface area (Å²) in [5, 5.41) is 1.42. The standard InChI is InChI=1S/C23H32N4O3S2/c1-14(2)9-11-27-22(30)19-16-7-3-4-8-17(16)32-21(19)25-23(27)31-13-18(28)26-10-5-6-15(12-26)20(24)29/h14-15H,3-13H2,1-2H3,(H2,24,29). The third-order valence-corrected chi connectivity index (χ3v) is 8.62. The molecule has 32 heavy (non-hydrogen) atoms. The van der Waals surface area contributed by atoms with Crippen molar-refractivity contribution in [2.24, 2.45) is 17.6 Å². The van der Waals surface area contributed by atoms with Crippen molar-refractivity contribution in [1.82, 2.24) is 14.5 Å². The van der Waals surface area contributed by atoms with Crippen molar-refractivity contribution in [3.8, 4) is 0 Å². The van der Waals surface area contributed by atoms with Crippen LogP contribution in [0.3, 0.4) is 0 Å². The Bertz CT molecular complexity index is 1080. The Balaban J connectivity index is 1.59. The van der Waals surface area contributed by atoms with Gasteiger partial charge in [-0.25, -0.2) is 4.98 Å². The van der Waals surface area contributed by atoms with Crippen molar-refractivity contribution < 1.29 is 9.59 Å². The van der Waals surface area contributed by atoms with Gasteiger partial charge in [0.05, 0.1) is 17.1 Å². The topological polar surface area (TPSA) is 98.3 Å². The lowest BCUT2D eigenvalue weighted by Crippen LogP contribution is -2.44. The van der Waals surface area contributed by atoms with Crippen LogP contribution in [0, 0.1) is 11.8 Å². The van der Waals surface area contributed by atoms with E-state index >= 15 is 0 Å². The lowest BCUT2D eigenvalue weighted by Gasteiger charge is -2.31. The zero-order chi connectivity index (χ0) is 22.8. The molecule has 2 amide bonds. The average Bonchev–Trinajstić information content (AvgIpc) is 3.15. The molecule has 1 fully saturated rings. The van der Waals surface area contributed by atoms with Gasteiger partial charge in [-0.1, -0.05) is 25.6 Å². The highest BCUT2D eigenvalue weighted by atomic mass is 32.2. The zero-order valence-corrected chi connectivity index (χ0v) is 20.5. The van der Waals surface area contributed by atoms with E-state index in [-0.39, 0.29) is 29.0 Å². The SMILES string of the molecule is CC(C)CCn1c(SCC(=O)N2CCCC(C(N)=O)C2)nc2sc3c(c2c1=O)CCCC3. The molecule has 174 valence electrons. The van der Waals surface area contributed by atoms with Crippen LogP contribution in [0.2, 0.25) is 0 Å². The van der Waals surface area contributed by atoms with Gasteiger partial charge in [0.25, 0.3) is 5.56 Å². The number of hydrogen-bond acceptors (Lipinski definition) is 6. The van der Waals surface area contributed by atoms with Crippen LogP contribution in [-0.4, -0.2) is 45.1 Å². The molecule has 9 heteroatoms. The summed E-state index contributed by atoms with van der Waals surface area (Å²) < 4.78 is 1.78. The lowest BCUT2D eigenvalue weighted by molar-refractivity contribution is -0.132. The smallest absolute Gasteiger partial charge is 0.263 e. The molecule has 0 saturated carbocycles. The fourth-order valence-electron chi connectivity index (χ4n) is 4.57. The van der Waals surface area contributed by atoms with Gasteiger partial charge in [-0.3, -0.25) is 19.0 Å².